The summed E-state index contributed by atoms with van der Waals surface area (Å²) in [7, 11) is 4.69. The number of rotatable bonds is 8. The van der Waals surface area contributed by atoms with Gasteiger partial charge in [-0.25, -0.2) is 0 Å². The fourth-order valence-electron chi connectivity index (χ4n) is 3.29. The van der Waals surface area contributed by atoms with Gasteiger partial charge in [-0.1, -0.05) is 65.3 Å². The quantitative estimate of drug-likeness (QED) is 0.517. The number of nitrogens with zero attached hydrogens (tertiary/aromatic N) is 1. The summed E-state index contributed by atoms with van der Waals surface area (Å²) in [5.41, 5.74) is 3.38. The first-order valence-corrected chi connectivity index (χ1v) is 9.07. The molecule has 1 aromatic carbocycles. The van der Waals surface area contributed by atoms with E-state index < -0.39 is 0 Å². The van der Waals surface area contributed by atoms with Crippen LogP contribution in [0.1, 0.15) is 77.3 Å². The molecule has 126 valence electrons. The first kappa shape index (κ1) is 19.2. The number of quaternary nitrogens is 1. The summed E-state index contributed by atoms with van der Waals surface area (Å²) in [6, 6.07) is 9.45. The average Bonchev–Trinajstić information content (AvgIpc) is 2.42. The summed E-state index contributed by atoms with van der Waals surface area (Å²) >= 11 is 0. The predicted octanol–water partition coefficient (Wildman–Crippen LogP) is 5.99. The van der Waals surface area contributed by atoms with Crippen LogP contribution >= 0.6 is 0 Å². The van der Waals surface area contributed by atoms with Crippen molar-refractivity contribution in [2.45, 2.75) is 72.8 Å². The Hall–Kier alpha value is -0.820. The van der Waals surface area contributed by atoms with E-state index in [9.17, 15) is 0 Å². The molecule has 0 aliphatic carbocycles. The molecule has 0 fully saturated rings. The lowest BCUT2D eigenvalue weighted by molar-refractivity contribution is -0.903. The van der Waals surface area contributed by atoms with Gasteiger partial charge >= 0.3 is 0 Å². The Balaban J connectivity index is 2.73. The molecule has 0 N–H and O–H groups in total. The molecule has 22 heavy (non-hydrogen) atoms. The lowest BCUT2D eigenvalue weighted by Gasteiger charge is -2.30. The first-order valence-electron chi connectivity index (χ1n) is 9.07. The van der Waals surface area contributed by atoms with Crippen molar-refractivity contribution in [1.82, 2.24) is 0 Å². The van der Waals surface area contributed by atoms with Crippen molar-refractivity contribution in [3.63, 3.8) is 0 Å². The average molecular weight is 305 g/mol. The van der Waals surface area contributed by atoms with E-state index in [-0.39, 0.29) is 0 Å². The SMILES string of the molecule is CCCC[N+](C)(C)Cc1ccc(C(CC)CC(C)(C)C)cc1. The summed E-state index contributed by atoms with van der Waals surface area (Å²) in [5, 5.41) is 0. The standard InChI is InChI=1S/C21H38N/c1-8-10-15-22(6,7)17-18-11-13-20(14-12-18)19(9-2)16-21(3,4)5/h11-14,19H,8-10,15-17H2,1-7H3/q+1. The van der Waals surface area contributed by atoms with Crippen LogP contribution in [-0.4, -0.2) is 25.1 Å². The highest BCUT2D eigenvalue weighted by Gasteiger charge is 2.19. The van der Waals surface area contributed by atoms with E-state index >= 15 is 0 Å². The summed E-state index contributed by atoms with van der Waals surface area (Å²) in [6.07, 6.45) is 5.09. The van der Waals surface area contributed by atoms with Gasteiger partial charge in [0.05, 0.1) is 20.6 Å². The van der Waals surface area contributed by atoms with E-state index in [4.69, 9.17) is 0 Å². The summed E-state index contributed by atoms with van der Waals surface area (Å²) in [5.74, 6) is 0.691. The maximum atomic E-state index is 2.37. The van der Waals surface area contributed by atoms with Crippen LogP contribution in [0.5, 0.6) is 0 Å². The van der Waals surface area contributed by atoms with Crippen molar-refractivity contribution in [3.8, 4) is 0 Å². The number of hydrogen-bond donors (Lipinski definition) is 0. The molecule has 0 bridgehead atoms. The second-order valence-corrected chi connectivity index (χ2v) is 8.78. The molecule has 1 rings (SSSR count). The first-order chi connectivity index (χ1) is 10.2. The Bertz CT molecular complexity index is 422. The van der Waals surface area contributed by atoms with Crippen LogP contribution in [0.2, 0.25) is 0 Å². The molecule has 0 aliphatic heterocycles. The van der Waals surface area contributed by atoms with Gasteiger partial charge in [-0.15, -0.1) is 0 Å². The molecule has 1 heteroatoms. The molecule has 1 nitrogen and oxygen atoms in total. The number of unbranched alkanes of at least 4 members (excludes halogenated alkanes) is 1. The molecule has 0 aromatic heterocycles. The van der Waals surface area contributed by atoms with Crippen molar-refractivity contribution in [1.29, 1.82) is 0 Å². The van der Waals surface area contributed by atoms with Gasteiger partial charge in [-0.3, -0.25) is 0 Å². The van der Waals surface area contributed by atoms with Gasteiger partial charge in [0.1, 0.15) is 6.54 Å². The summed E-state index contributed by atoms with van der Waals surface area (Å²) in [4.78, 5) is 0. The van der Waals surface area contributed by atoms with Gasteiger partial charge in [0.15, 0.2) is 0 Å². The minimum atomic E-state index is 0.401. The van der Waals surface area contributed by atoms with Crippen molar-refractivity contribution < 1.29 is 4.48 Å². The zero-order valence-electron chi connectivity index (χ0n) is 16.1. The normalized spacial score (nSPS) is 14.1. The Labute approximate surface area is 139 Å². The second-order valence-electron chi connectivity index (χ2n) is 8.78. The third-order valence-corrected chi connectivity index (χ3v) is 4.53. The van der Waals surface area contributed by atoms with Gasteiger partial charge in [0.25, 0.3) is 0 Å². The lowest BCUT2D eigenvalue weighted by atomic mass is 9.80. The summed E-state index contributed by atoms with van der Waals surface area (Å²) in [6.45, 7) is 14.0. The molecule has 0 radical (unpaired) electrons. The second kappa shape index (κ2) is 8.15. The molecule has 1 atom stereocenters. The van der Waals surface area contributed by atoms with E-state index in [2.05, 4.69) is 73.0 Å². The lowest BCUT2D eigenvalue weighted by Crippen LogP contribution is -2.39. The van der Waals surface area contributed by atoms with Crippen molar-refractivity contribution in [2.75, 3.05) is 20.6 Å². The molecule has 0 saturated heterocycles. The van der Waals surface area contributed by atoms with E-state index in [0.29, 0.717) is 11.3 Å². The van der Waals surface area contributed by atoms with Crippen LogP contribution in [-0.2, 0) is 6.54 Å². The van der Waals surface area contributed by atoms with Crippen molar-refractivity contribution in [2.24, 2.45) is 5.41 Å². The molecular formula is C21H38N+. The van der Waals surface area contributed by atoms with E-state index in [0.717, 1.165) is 11.0 Å². The van der Waals surface area contributed by atoms with Gasteiger partial charge in [0, 0.05) is 5.56 Å². The molecule has 0 amide bonds. The topological polar surface area (TPSA) is 0 Å². The van der Waals surface area contributed by atoms with Crippen molar-refractivity contribution >= 4 is 0 Å². The van der Waals surface area contributed by atoms with E-state index in [1.54, 1.807) is 0 Å². The smallest absolute Gasteiger partial charge is 0.104 e. The highest BCUT2D eigenvalue weighted by Crippen LogP contribution is 2.33. The van der Waals surface area contributed by atoms with Crippen LogP contribution in [0.4, 0.5) is 0 Å². The minimum Gasteiger partial charge on any atom is -0.325 e. The van der Waals surface area contributed by atoms with E-state index in [1.807, 2.05) is 0 Å². The third kappa shape index (κ3) is 6.96. The Kier molecular flexibility index (Phi) is 7.12. The monoisotopic (exact) mass is 304 g/mol. The van der Waals surface area contributed by atoms with Crippen LogP contribution in [0.25, 0.3) is 0 Å². The van der Waals surface area contributed by atoms with Gasteiger partial charge in [-0.2, -0.15) is 0 Å². The van der Waals surface area contributed by atoms with Crippen LogP contribution in [0, 0.1) is 5.41 Å². The zero-order valence-corrected chi connectivity index (χ0v) is 16.1. The third-order valence-electron chi connectivity index (χ3n) is 4.53. The minimum absolute atomic E-state index is 0.401. The maximum Gasteiger partial charge on any atom is 0.104 e. The Morgan fingerprint density at radius 2 is 1.59 bits per heavy atom. The molecule has 0 heterocycles. The van der Waals surface area contributed by atoms with Gasteiger partial charge in [-0.05, 0) is 36.2 Å². The van der Waals surface area contributed by atoms with Crippen LogP contribution in [0.3, 0.4) is 0 Å². The zero-order chi connectivity index (χ0) is 16.8. The predicted molar refractivity (Wildman–Crippen MR) is 99.1 cm³/mol. The fraction of sp³-hybridized carbons (Fsp3) is 0.714. The largest absolute Gasteiger partial charge is 0.325 e. The highest BCUT2D eigenvalue weighted by atomic mass is 15.3. The fourth-order valence-corrected chi connectivity index (χ4v) is 3.29. The Morgan fingerprint density at radius 3 is 2.05 bits per heavy atom. The summed E-state index contributed by atoms with van der Waals surface area (Å²) < 4.78 is 1.09. The maximum absolute atomic E-state index is 2.37. The van der Waals surface area contributed by atoms with Crippen LogP contribution in [0.15, 0.2) is 24.3 Å². The molecule has 1 unspecified atom stereocenters. The van der Waals surface area contributed by atoms with Gasteiger partial charge in [0.2, 0.25) is 0 Å². The van der Waals surface area contributed by atoms with Gasteiger partial charge < -0.3 is 4.48 Å². The molecule has 1 aromatic rings. The number of benzene rings is 1. The van der Waals surface area contributed by atoms with Crippen LogP contribution < -0.4 is 0 Å². The molecule has 0 saturated carbocycles. The number of hydrogen-bond acceptors (Lipinski definition) is 0. The molecular weight excluding hydrogens is 266 g/mol. The molecule has 0 aliphatic rings. The van der Waals surface area contributed by atoms with E-state index in [1.165, 1.54) is 43.4 Å². The Morgan fingerprint density at radius 1 is 1.00 bits per heavy atom. The molecule has 0 spiro atoms. The van der Waals surface area contributed by atoms with Crippen molar-refractivity contribution in [3.05, 3.63) is 35.4 Å². The highest BCUT2D eigenvalue weighted by molar-refractivity contribution is 5.25.